The molecular weight excluding hydrogens is 466 g/mol. The molecular formula is C28H31N7O2. The molecule has 9 nitrogen and oxygen atoms in total. The zero-order chi connectivity index (χ0) is 26.2. The van der Waals surface area contributed by atoms with Crippen LogP contribution in [0, 0.1) is 19.3 Å². The zero-order valence-corrected chi connectivity index (χ0v) is 21.3. The Bertz CT molecular complexity index is 1370. The maximum absolute atomic E-state index is 11.6. The number of amides is 2. The molecule has 0 aliphatic carbocycles. The van der Waals surface area contributed by atoms with Crippen molar-refractivity contribution >= 4 is 46.3 Å². The monoisotopic (exact) mass is 497 g/mol. The number of anilines is 6. The van der Waals surface area contributed by atoms with Crippen LogP contribution in [0.25, 0.3) is 0 Å². The van der Waals surface area contributed by atoms with Gasteiger partial charge in [0.1, 0.15) is 5.82 Å². The minimum Gasteiger partial charge on any atom is -0.370 e. The highest BCUT2D eigenvalue weighted by molar-refractivity contribution is 5.99. The molecule has 2 fully saturated rings. The van der Waals surface area contributed by atoms with Crippen LogP contribution < -0.4 is 20.9 Å². The molecule has 3 N–H and O–H groups in total. The summed E-state index contributed by atoms with van der Waals surface area (Å²) in [5, 5.41) is 9.41. The van der Waals surface area contributed by atoms with Gasteiger partial charge < -0.3 is 25.8 Å². The zero-order valence-electron chi connectivity index (χ0n) is 21.3. The third-order valence-corrected chi connectivity index (χ3v) is 6.92. The number of aryl methyl sites for hydroxylation is 2. The lowest BCUT2D eigenvalue weighted by Gasteiger charge is -2.60. The van der Waals surface area contributed by atoms with E-state index in [9.17, 15) is 9.59 Å². The van der Waals surface area contributed by atoms with Crippen molar-refractivity contribution in [2.45, 2.75) is 20.8 Å². The quantitative estimate of drug-likeness (QED) is 0.417. The van der Waals surface area contributed by atoms with E-state index < -0.39 is 0 Å². The molecule has 2 amide bonds. The Labute approximate surface area is 216 Å². The molecule has 1 aromatic heterocycles. The average Bonchev–Trinajstić information content (AvgIpc) is 2.81. The Morgan fingerprint density at radius 2 is 1.76 bits per heavy atom. The van der Waals surface area contributed by atoms with Gasteiger partial charge in [-0.3, -0.25) is 9.59 Å². The van der Waals surface area contributed by atoms with E-state index in [2.05, 4.69) is 62.5 Å². The van der Waals surface area contributed by atoms with E-state index in [1.165, 1.54) is 11.8 Å². The van der Waals surface area contributed by atoms with Crippen LogP contribution in [0.15, 0.2) is 61.3 Å². The number of carbonyl (C=O) groups is 2. The molecule has 2 aliphatic rings. The summed E-state index contributed by atoms with van der Waals surface area (Å²) < 4.78 is 0. The van der Waals surface area contributed by atoms with Crippen molar-refractivity contribution in [2.24, 2.45) is 5.41 Å². The lowest BCUT2D eigenvalue weighted by molar-refractivity contribution is -0.142. The fourth-order valence-corrected chi connectivity index (χ4v) is 4.87. The van der Waals surface area contributed by atoms with Crippen molar-refractivity contribution in [3.63, 3.8) is 0 Å². The van der Waals surface area contributed by atoms with Gasteiger partial charge in [-0.15, -0.1) is 0 Å². The molecule has 0 atom stereocenters. The Hall–Kier alpha value is -4.40. The number of benzene rings is 2. The highest BCUT2D eigenvalue weighted by atomic mass is 16.2. The second-order valence-corrected chi connectivity index (χ2v) is 9.98. The third kappa shape index (κ3) is 5.11. The van der Waals surface area contributed by atoms with Gasteiger partial charge in [-0.1, -0.05) is 12.6 Å². The second-order valence-electron chi connectivity index (χ2n) is 9.98. The number of hydrogen-bond acceptors (Lipinski definition) is 7. The Balaban J connectivity index is 1.24. The molecule has 37 heavy (non-hydrogen) atoms. The smallest absolute Gasteiger partial charge is 0.247 e. The van der Waals surface area contributed by atoms with Crippen molar-refractivity contribution in [2.75, 3.05) is 47.0 Å². The van der Waals surface area contributed by atoms with Gasteiger partial charge in [-0.2, -0.15) is 4.98 Å². The van der Waals surface area contributed by atoms with E-state index in [4.69, 9.17) is 0 Å². The maximum atomic E-state index is 11.6. The predicted molar refractivity (Wildman–Crippen MR) is 147 cm³/mol. The van der Waals surface area contributed by atoms with Gasteiger partial charge in [0.2, 0.25) is 17.8 Å². The average molecular weight is 498 g/mol. The van der Waals surface area contributed by atoms with Crippen LogP contribution in [0.5, 0.6) is 0 Å². The molecule has 0 bridgehead atoms. The Morgan fingerprint density at radius 3 is 2.46 bits per heavy atom. The first-order valence-electron chi connectivity index (χ1n) is 12.3. The van der Waals surface area contributed by atoms with Crippen molar-refractivity contribution in [3.8, 4) is 0 Å². The van der Waals surface area contributed by atoms with Crippen molar-refractivity contribution in [1.29, 1.82) is 0 Å². The standard InChI is InChI=1S/C28H31N7O2/c1-5-25(37)30-21-7-6-8-22(12-21)31-26-19(3)13-29-27(33-26)32-24-10-9-23(11-18(24)2)35-16-28(17-35)14-34(15-28)20(4)36/h5-13H,1,14-17H2,2-4H3,(H,30,37)(H2,29,31,32,33). The molecule has 2 aliphatic heterocycles. The molecule has 0 radical (unpaired) electrons. The molecule has 0 saturated carbocycles. The van der Waals surface area contributed by atoms with Gasteiger partial charge in [-0.05, 0) is 61.9 Å². The van der Waals surface area contributed by atoms with Gasteiger partial charge in [0.25, 0.3) is 0 Å². The van der Waals surface area contributed by atoms with E-state index >= 15 is 0 Å². The summed E-state index contributed by atoms with van der Waals surface area (Å²) in [4.78, 5) is 36.5. The van der Waals surface area contributed by atoms with E-state index in [-0.39, 0.29) is 17.2 Å². The minimum atomic E-state index is -0.264. The van der Waals surface area contributed by atoms with E-state index in [1.54, 1.807) is 13.1 Å². The number of nitrogens with zero attached hydrogens (tertiary/aromatic N) is 4. The van der Waals surface area contributed by atoms with Gasteiger partial charge in [0.05, 0.1) is 0 Å². The first kappa shape index (κ1) is 24.3. The summed E-state index contributed by atoms with van der Waals surface area (Å²) in [6.45, 7) is 12.8. The van der Waals surface area contributed by atoms with Crippen LogP contribution in [0.2, 0.25) is 0 Å². The van der Waals surface area contributed by atoms with Gasteiger partial charge in [0, 0.05) is 73.0 Å². The van der Waals surface area contributed by atoms with Crippen molar-refractivity contribution < 1.29 is 9.59 Å². The maximum Gasteiger partial charge on any atom is 0.247 e. The summed E-state index contributed by atoms with van der Waals surface area (Å²) >= 11 is 0. The Kier molecular flexibility index (Phi) is 6.29. The number of hydrogen-bond donors (Lipinski definition) is 3. The van der Waals surface area contributed by atoms with Gasteiger partial charge in [-0.25, -0.2) is 4.98 Å². The fourth-order valence-electron chi connectivity index (χ4n) is 4.87. The number of aromatic nitrogens is 2. The molecule has 0 unspecified atom stereocenters. The van der Waals surface area contributed by atoms with Crippen LogP contribution in [-0.2, 0) is 9.59 Å². The van der Waals surface area contributed by atoms with Crippen LogP contribution in [0.3, 0.4) is 0 Å². The van der Waals surface area contributed by atoms with Crippen LogP contribution in [-0.4, -0.2) is 52.9 Å². The largest absolute Gasteiger partial charge is 0.370 e. The number of carbonyl (C=O) groups excluding carboxylic acids is 2. The van der Waals surface area contributed by atoms with Gasteiger partial charge >= 0.3 is 0 Å². The topological polar surface area (TPSA) is 102 Å². The highest BCUT2D eigenvalue weighted by Crippen LogP contribution is 2.42. The van der Waals surface area contributed by atoms with Crippen LogP contribution in [0.4, 0.5) is 34.5 Å². The Morgan fingerprint density at radius 1 is 1.00 bits per heavy atom. The molecule has 3 heterocycles. The van der Waals surface area contributed by atoms with E-state index in [0.717, 1.165) is 48.7 Å². The third-order valence-electron chi connectivity index (χ3n) is 6.92. The number of nitrogens with one attached hydrogen (secondary N) is 3. The predicted octanol–water partition coefficient (Wildman–Crippen LogP) is 4.37. The second kappa shape index (κ2) is 9.57. The molecule has 1 spiro atoms. The highest BCUT2D eigenvalue weighted by Gasteiger charge is 2.52. The summed E-state index contributed by atoms with van der Waals surface area (Å²) in [6.07, 6.45) is 3.01. The molecule has 5 rings (SSSR count). The molecule has 9 heteroatoms. The van der Waals surface area contributed by atoms with Crippen molar-refractivity contribution in [1.82, 2.24) is 14.9 Å². The van der Waals surface area contributed by atoms with E-state index in [0.29, 0.717) is 17.5 Å². The lowest BCUT2D eigenvalue weighted by atomic mass is 9.72. The van der Waals surface area contributed by atoms with Gasteiger partial charge in [0.15, 0.2) is 0 Å². The summed E-state index contributed by atoms with van der Waals surface area (Å²) in [5.41, 5.74) is 5.84. The normalized spacial score (nSPS) is 15.4. The minimum absolute atomic E-state index is 0.164. The summed E-state index contributed by atoms with van der Waals surface area (Å²) in [6, 6.07) is 13.7. The summed E-state index contributed by atoms with van der Waals surface area (Å²) in [5.74, 6) is 1.06. The first-order chi connectivity index (χ1) is 17.7. The lowest BCUT2D eigenvalue weighted by Crippen LogP contribution is -2.72. The fraction of sp³-hybridized carbons (Fsp3) is 0.286. The molecule has 2 saturated heterocycles. The summed E-state index contributed by atoms with van der Waals surface area (Å²) in [7, 11) is 0. The first-order valence-corrected chi connectivity index (χ1v) is 12.3. The van der Waals surface area contributed by atoms with Crippen LogP contribution >= 0.6 is 0 Å². The number of likely N-dealkylation sites (tertiary alicyclic amines) is 1. The van der Waals surface area contributed by atoms with Crippen LogP contribution in [0.1, 0.15) is 18.1 Å². The molecule has 2 aromatic carbocycles. The van der Waals surface area contributed by atoms with Crippen molar-refractivity contribution in [3.05, 3.63) is 72.4 Å². The number of rotatable bonds is 7. The molecule has 190 valence electrons. The SMILES string of the molecule is C=CC(=O)Nc1cccc(Nc2nc(Nc3ccc(N4CC5(CN(C(C)=O)C5)C4)cc3C)ncc2C)c1. The molecule has 3 aromatic rings. The van der Waals surface area contributed by atoms with E-state index in [1.807, 2.05) is 36.1 Å².